The Labute approximate surface area is 227 Å². The highest BCUT2D eigenvalue weighted by molar-refractivity contribution is 5.94. The smallest absolute Gasteiger partial charge is 0.251 e. The number of anilines is 1. The molecule has 1 aromatic carbocycles. The van der Waals surface area contributed by atoms with Crippen LogP contribution in [0.2, 0.25) is 0 Å². The van der Waals surface area contributed by atoms with E-state index in [2.05, 4.69) is 45.4 Å². The number of hydrogen-bond acceptors (Lipinski definition) is 4. The van der Waals surface area contributed by atoms with Crippen LogP contribution in [0.4, 0.5) is 5.69 Å². The van der Waals surface area contributed by atoms with Crippen molar-refractivity contribution in [3.63, 3.8) is 0 Å². The Balaban J connectivity index is 0.965. The summed E-state index contributed by atoms with van der Waals surface area (Å²) in [5.74, 6) is 1.83. The molecule has 38 heavy (non-hydrogen) atoms. The minimum absolute atomic E-state index is 0.0852. The number of carbonyl (C=O) groups excluding carboxylic acids is 1. The Hall–Kier alpha value is -2.79. The average molecular weight is 514 g/mol. The van der Waals surface area contributed by atoms with E-state index in [0.717, 1.165) is 49.7 Å². The summed E-state index contributed by atoms with van der Waals surface area (Å²) >= 11 is 0. The Morgan fingerprint density at radius 3 is 2.47 bits per heavy atom. The molecule has 0 radical (unpaired) electrons. The molecule has 1 saturated carbocycles. The number of rotatable bonds is 7. The number of likely N-dealkylation sites (tertiary alicyclic amines) is 1. The molecule has 3 heterocycles. The summed E-state index contributed by atoms with van der Waals surface area (Å²) in [7, 11) is 0. The molecule has 3 fully saturated rings. The van der Waals surface area contributed by atoms with Crippen LogP contribution in [0.25, 0.3) is 11.3 Å². The van der Waals surface area contributed by atoms with Gasteiger partial charge in [0.2, 0.25) is 0 Å². The van der Waals surface area contributed by atoms with E-state index in [1.807, 2.05) is 24.5 Å². The molecule has 0 bridgehead atoms. The summed E-state index contributed by atoms with van der Waals surface area (Å²) in [5.41, 5.74) is 4.58. The van der Waals surface area contributed by atoms with E-state index in [4.69, 9.17) is 4.42 Å². The quantitative estimate of drug-likeness (QED) is 0.361. The Kier molecular flexibility index (Phi) is 8.01. The number of nitrogens with zero attached hydrogens (tertiary/aromatic N) is 2. The van der Waals surface area contributed by atoms with Gasteiger partial charge in [-0.05, 0) is 120 Å². The second kappa shape index (κ2) is 11.9. The lowest BCUT2D eigenvalue weighted by molar-refractivity contribution is 0.0915. The molecular weight excluding hydrogens is 470 g/mol. The lowest BCUT2D eigenvalue weighted by atomic mass is 9.83. The predicted molar refractivity (Wildman–Crippen MR) is 154 cm³/mol. The number of carbonyl (C=O) groups is 1. The number of nitrogens with one attached hydrogen (secondary N) is 1. The molecule has 0 spiro atoms. The SMILES string of the molecule is O=C(N[C@H]1CC[C@H](CCN2CCCCC2c2coc3cccc-3c2)CC1)c1ccc(N2CCCCC2)cc1. The van der Waals surface area contributed by atoms with E-state index in [9.17, 15) is 4.79 Å². The van der Waals surface area contributed by atoms with Gasteiger partial charge in [-0.1, -0.05) is 18.6 Å². The maximum absolute atomic E-state index is 12.9. The van der Waals surface area contributed by atoms with Crippen LogP contribution in [0, 0.1) is 5.92 Å². The van der Waals surface area contributed by atoms with Crippen LogP contribution in [-0.4, -0.2) is 43.0 Å². The topological polar surface area (TPSA) is 48.7 Å². The molecule has 1 aromatic rings. The summed E-state index contributed by atoms with van der Waals surface area (Å²) in [6.45, 7) is 4.61. The lowest BCUT2D eigenvalue weighted by Gasteiger charge is -2.37. The summed E-state index contributed by atoms with van der Waals surface area (Å²) in [6.07, 6.45) is 15.5. The summed E-state index contributed by atoms with van der Waals surface area (Å²) in [6, 6.07) is 17.6. The first-order valence-corrected chi connectivity index (χ1v) is 15.1. The average Bonchev–Trinajstić information content (AvgIpc) is 3.46. The molecule has 3 aliphatic heterocycles. The molecule has 202 valence electrons. The fourth-order valence-corrected chi connectivity index (χ4v) is 6.99. The van der Waals surface area contributed by atoms with Gasteiger partial charge < -0.3 is 14.6 Å². The molecule has 1 N–H and O–H groups in total. The van der Waals surface area contributed by atoms with Crippen LogP contribution in [0.15, 0.2) is 59.2 Å². The molecule has 5 heteroatoms. The highest BCUT2D eigenvalue weighted by atomic mass is 16.3. The second-order valence-corrected chi connectivity index (χ2v) is 11.8. The standard InChI is InChI=1S/C33H43N3O2/c37-33(26-12-16-30(17-13-26)35-19-3-1-4-20-35)34-29-14-10-25(11-15-29)18-22-36-21-5-2-8-31(36)28-23-27-7-6-9-32(27)38-24-28/h6-7,9,12-13,16-17,23-25,29,31H,1-5,8,10-11,14-15,18-22H2,(H,34,37)/t25-,29-,31?. The van der Waals surface area contributed by atoms with E-state index >= 15 is 0 Å². The van der Waals surface area contributed by atoms with E-state index < -0.39 is 0 Å². The molecule has 2 aliphatic carbocycles. The summed E-state index contributed by atoms with van der Waals surface area (Å²) in [4.78, 5) is 18.0. The minimum Gasteiger partial charge on any atom is -0.464 e. The van der Waals surface area contributed by atoms with Gasteiger partial charge in [0.1, 0.15) is 5.76 Å². The van der Waals surface area contributed by atoms with Crippen LogP contribution >= 0.6 is 0 Å². The van der Waals surface area contributed by atoms with Crippen molar-refractivity contribution in [1.29, 1.82) is 0 Å². The number of piperidine rings is 2. The summed E-state index contributed by atoms with van der Waals surface area (Å²) in [5, 5.41) is 3.33. The van der Waals surface area contributed by atoms with Gasteiger partial charge in [-0.15, -0.1) is 0 Å². The van der Waals surface area contributed by atoms with Crippen molar-refractivity contribution in [2.45, 2.75) is 82.7 Å². The van der Waals surface area contributed by atoms with Crippen molar-refractivity contribution in [1.82, 2.24) is 10.2 Å². The van der Waals surface area contributed by atoms with Gasteiger partial charge in [0.15, 0.2) is 0 Å². The molecule has 5 aliphatic rings. The van der Waals surface area contributed by atoms with Gasteiger partial charge in [0.05, 0.1) is 6.26 Å². The largest absolute Gasteiger partial charge is 0.464 e. The molecule has 0 aromatic heterocycles. The number of amides is 1. The highest BCUT2D eigenvalue weighted by Gasteiger charge is 2.28. The van der Waals surface area contributed by atoms with Crippen molar-refractivity contribution in [2.24, 2.45) is 5.92 Å². The number of benzene rings is 1. The third-order valence-electron chi connectivity index (χ3n) is 9.31. The van der Waals surface area contributed by atoms with Gasteiger partial charge in [-0.3, -0.25) is 9.69 Å². The molecule has 2 saturated heterocycles. The van der Waals surface area contributed by atoms with Crippen molar-refractivity contribution in [2.75, 3.05) is 31.1 Å². The van der Waals surface area contributed by atoms with Crippen molar-refractivity contribution >= 4 is 11.6 Å². The fraction of sp³-hybridized carbons (Fsp3) is 0.545. The van der Waals surface area contributed by atoms with Gasteiger partial charge in [0.25, 0.3) is 5.91 Å². The zero-order chi connectivity index (χ0) is 25.7. The Morgan fingerprint density at radius 1 is 0.868 bits per heavy atom. The van der Waals surface area contributed by atoms with Gasteiger partial charge in [-0.25, -0.2) is 0 Å². The monoisotopic (exact) mass is 513 g/mol. The van der Waals surface area contributed by atoms with E-state index in [1.54, 1.807) is 0 Å². The fourth-order valence-electron chi connectivity index (χ4n) is 6.99. The van der Waals surface area contributed by atoms with E-state index in [0.29, 0.717) is 12.1 Å². The maximum Gasteiger partial charge on any atom is 0.251 e. The van der Waals surface area contributed by atoms with Gasteiger partial charge in [0, 0.05) is 47.6 Å². The second-order valence-electron chi connectivity index (χ2n) is 11.8. The molecule has 1 unspecified atom stereocenters. The zero-order valence-electron chi connectivity index (χ0n) is 22.7. The van der Waals surface area contributed by atoms with Crippen LogP contribution in [0.1, 0.15) is 92.6 Å². The maximum atomic E-state index is 12.9. The van der Waals surface area contributed by atoms with Gasteiger partial charge in [-0.2, -0.15) is 0 Å². The molecule has 6 rings (SSSR count). The Bertz CT molecular complexity index is 1140. The van der Waals surface area contributed by atoms with Crippen LogP contribution < -0.4 is 10.2 Å². The number of fused-ring (bicyclic) bond motifs is 1. The van der Waals surface area contributed by atoms with Crippen molar-refractivity contribution in [3.05, 3.63) is 65.9 Å². The van der Waals surface area contributed by atoms with Crippen molar-refractivity contribution in [3.8, 4) is 11.3 Å². The first kappa shape index (κ1) is 25.5. The number of hydrogen-bond donors (Lipinski definition) is 1. The van der Waals surface area contributed by atoms with Crippen molar-refractivity contribution < 1.29 is 9.21 Å². The third-order valence-corrected chi connectivity index (χ3v) is 9.31. The third kappa shape index (κ3) is 5.93. The lowest BCUT2D eigenvalue weighted by Crippen LogP contribution is -2.39. The molecule has 5 nitrogen and oxygen atoms in total. The highest BCUT2D eigenvalue weighted by Crippen LogP contribution is 2.36. The first-order valence-electron chi connectivity index (χ1n) is 15.1. The molecular formula is C33H43N3O2. The molecule has 1 amide bonds. The van der Waals surface area contributed by atoms with E-state index in [-0.39, 0.29) is 5.91 Å². The normalized spacial score (nSPS) is 24.9. The van der Waals surface area contributed by atoms with Gasteiger partial charge >= 0.3 is 0 Å². The van der Waals surface area contributed by atoms with E-state index in [1.165, 1.54) is 81.1 Å². The van der Waals surface area contributed by atoms with Crippen LogP contribution in [-0.2, 0) is 0 Å². The summed E-state index contributed by atoms with van der Waals surface area (Å²) < 4.78 is 5.92. The predicted octanol–water partition coefficient (Wildman–Crippen LogP) is 7.28. The zero-order valence-corrected chi connectivity index (χ0v) is 22.7. The van der Waals surface area contributed by atoms with Crippen LogP contribution in [0.3, 0.4) is 0 Å². The Morgan fingerprint density at radius 2 is 1.66 bits per heavy atom. The first-order chi connectivity index (χ1) is 18.7. The molecule has 1 atom stereocenters. The minimum atomic E-state index is 0.0852. The van der Waals surface area contributed by atoms with Crippen LogP contribution in [0.5, 0.6) is 0 Å².